The van der Waals surface area contributed by atoms with Gasteiger partial charge in [0.25, 0.3) is 0 Å². The molecule has 3 unspecified atom stereocenters. The van der Waals surface area contributed by atoms with Gasteiger partial charge in [-0.05, 0) is 39.2 Å². The van der Waals surface area contributed by atoms with E-state index < -0.39 is 0 Å². The fraction of sp³-hybridized carbons (Fsp3) is 0.786. The van der Waals surface area contributed by atoms with Gasteiger partial charge >= 0.3 is 0 Å². The summed E-state index contributed by atoms with van der Waals surface area (Å²) in [6.45, 7) is 9.54. The van der Waals surface area contributed by atoms with Gasteiger partial charge in [0, 0.05) is 30.9 Å². The number of aromatic nitrogens is 2. The second kappa shape index (κ2) is 5.85. The highest BCUT2D eigenvalue weighted by Crippen LogP contribution is 2.30. The summed E-state index contributed by atoms with van der Waals surface area (Å²) >= 11 is 0. The SMILES string of the molecule is CCn1cc(C(CN)N2CCCC(C)C2C)cn1. The third-order valence-corrected chi connectivity index (χ3v) is 4.41. The summed E-state index contributed by atoms with van der Waals surface area (Å²) in [5.74, 6) is 0.758. The van der Waals surface area contributed by atoms with Gasteiger partial charge in [-0.3, -0.25) is 9.58 Å². The van der Waals surface area contributed by atoms with Crippen molar-refractivity contribution in [2.45, 2.75) is 52.2 Å². The zero-order valence-corrected chi connectivity index (χ0v) is 11.8. The Kier molecular flexibility index (Phi) is 4.40. The zero-order chi connectivity index (χ0) is 13.1. The van der Waals surface area contributed by atoms with Crippen LogP contribution in [0.5, 0.6) is 0 Å². The first-order chi connectivity index (χ1) is 8.67. The number of nitrogens with two attached hydrogens (primary N) is 1. The van der Waals surface area contributed by atoms with Crippen LogP contribution < -0.4 is 5.73 Å². The Balaban J connectivity index is 2.16. The molecule has 1 aliphatic rings. The van der Waals surface area contributed by atoms with Crippen molar-refractivity contribution in [2.75, 3.05) is 13.1 Å². The van der Waals surface area contributed by atoms with Gasteiger partial charge in [0.2, 0.25) is 0 Å². The quantitative estimate of drug-likeness (QED) is 0.889. The Morgan fingerprint density at radius 3 is 2.89 bits per heavy atom. The Hall–Kier alpha value is -0.870. The summed E-state index contributed by atoms with van der Waals surface area (Å²) in [6.07, 6.45) is 6.74. The molecule has 1 aliphatic heterocycles. The minimum Gasteiger partial charge on any atom is -0.329 e. The molecule has 2 rings (SSSR count). The fourth-order valence-corrected chi connectivity index (χ4v) is 2.99. The number of rotatable bonds is 4. The lowest BCUT2D eigenvalue weighted by Gasteiger charge is -2.42. The number of hydrogen-bond donors (Lipinski definition) is 1. The smallest absolute Gasteiger partial charge is 0.0538 e. The summed E-state index contributed by atoms with van der Waals surface area (Å²) in [5.41, 5.74) is 7.28. The molecule has 18 heavy (non-hydrogen) atoms. The molecule has 1 fully saturated rings. The molecule has 2 N–H and O–H groups in total. The van der Waals surface area contributed by atoms with Crippen LogP contribution in [0.15, 0.2) is 12.4 Å². The summed E-state index contributed by atoms with van der Waals surface area (Å²) in [7, 11) is 0. The van der Waals surface area contributed by atoms with E-state index in [0.29, 0.717) is 18.6 Å². The van der Waals surface area contributed by atoms with Crippen LogP contribution in [0.1, 0.15) is 45.2 Å². The van der Waals surface area contributed by atoms with Gasteiger partial charge in [0.1, 0.15) is 0 Å². The third kappa shape index (κ3) is 2.59. The van der Waals surface area contributed by atoms with Crippen molar-refractivity contribution in [1.29, 1.82) is 0 Å². The van der Waals surface area contributed by atoms with E-state index in [-0.39, 0.29) is 0 Å². The molecule has 0 aromatic carbocycles. The molecule has 4 nitrogen and oxygen atoms in total. The summed E-state index contributed by atoms with van der Waals surface area (Å²) in [6, 6.07) is 0.931. The van der Waals surface area contributed by atoms with E-state index in [0.717, 1.165) is 19.0 Å². The van der Waals surface area contributed by atoms with Crippen molar-refractivity contribution in [2.24, 2.45) is 11.7 Å². The van der Waals surface area contributed by atoms with E-state index in [1.165, 1.54) is 18.4 Å². The van der Waals surface area contributed by atoms with Crippen LogP contribution in [-0.2, 0) is 6.54 Å². The predicted molar refractivity (Wildman–Crippen MR) is 74.3 cm³/mol. The van der Waals surface area contributed by atoms with E-state index in [9.17, 15) is 0 Å². The monoisotopic (exact) mass is 250 g/mol. The Bertz CT molecular complexity index is 374. The van der Waals surface area contributed by atoms with Crippen molar-refractivity contribution in [3.05, 3.63) is 18.0 Å². The lowest BCUT2D eigenvalue weighted by atomic mass is 9.90. The highest BCUT2D eigenvalue weighted by Gasteiger charge is 2.30. The van der Waals surface area contributed by atoms with Crippen LogP contribution in [0, 0.1) is 5.92 Å². The molecule has 102 valence electrons. The predicted octanol–water partition coefficient (Wildman–Crippen LogP) is 2.02. The van der Waals surface area contributed by atoms with Gasteiger partial charge in [-0.1, -0.05) is 6.92 Å². The van der Waals surface area contributed by atoms with Gasteiger partial charge in [0.05, 0.1) is 12.2 Å². The first kappa shape index (κ1) is 13.6. The van der Waals surface area contributed by atoms with E-state index >= 15 is 0 Å². The average Bonchev–Trinajstić information content (AvgIpc) is 2.84. The van der Waals surface area contributed by atoms with Gasteiger partial charge in [-0.2, -0.15) is 5.10 Å². The molecule has 2 heterocycles. The zero-order valence-electron chi connectivity index (χ0n) is 11.8. The second-order valence-electron chi connectivity index (χ2n) is 5.48. The maximum Gasteiger partial charge on any atom is 0.0538 e. The van der Waals surface area contributed by atoms with Gasteiger partial charge in [0.15, 0.2) is 0 Å². The minimum absolute atomic E-state index is 0.322. The Morgan fingerprint density at radius 2 is 2.28 bits per heavy atom. The van der Waals surface area contributed by atoms with Crippen LogP contribution >= 0.6 is 0 Å². The van der Waals surface area contributed by atoms with Crippen LogP contribution in [0.25, 0.3) is 0 Å². The molecular formula is C14H26N4. The number of likely N-dealkylation sites (tertiary alicyclic amines) is 1. The number of aryl methyl sites for hydroxylation is 1. The van der Waals surface area contributed by atoms with Crippen molar-refractivity contribution >= 4 is 0 Å². The largest absolute Gasteiger partial charge is 0.329 e. The van der Waals surface area contributed by atoms with Crippen molar-refractivity contribution < 1.29 is 0 Å². The summed E-state index contributed by atoms with van der Waals surface area (Å²) in [4.78, 5) is 2.56. The van der Waals surface area contributed by atoms with E-state index in [1.807, 2.05) is 10.9 Å². The maximum absolute atomic E-state index is 6.02. The molecule has 0 bridgehead atoms. The molecule has 0 radical (unpaired) electrons. The fourth-order valence-electron chi connectivity index (χ4n) is 2.99. The number of hydrogen-bond acceptors (Lipinski definition) is 3. The summed E-state index contributed by atoms with van der Waals surface area (Å²) in [5, 5.41) is 4.38. The van der Waals surface area contributed by atoms with Crippen molar-refractivity contribution in [1.82, 2.24) is 14.7 Å². The Labute approximate surface area is 110 Å². The van der Waals surface area contributed by atoms with Crippen LogP contribution in [0.3, 0.4) is 0 Å². The molecule has 0 saturated carbocycles. The third-order valence-electron chi connectivity index (χ3n) is 4.41. The normalized spacial score (nSPS) is 27.3. The van der Waals surface area contributed by atoms with Crippen LogP contribution in [0.2, 0.25) is 0 Å². The Morgan fingerprint density at radius 1 is 1.50 bits per heavy atom. The van der Waals surface area contributed by atoms with Crippen molar-refractivity contribution in [3.8, 4) is 0 Å². The number of piperidine rings is 1. The maximum atomic E-state index is 6.02. The van der Waals surface area contributed by atoms with Gasteiger partial charge in [-0.15, -0.1) is 0 Å². The lowest BCUT2D eigenvalue weighted by molar-refractivity contribution is 0.0709. The van der Waals surface area contributed by atoms with Gasteiger partial charge in [-0.25, -0.2) is 0 Å². The molecule has 3 atom stereocenters. The van der Waals surface area contributed by atoms with Gasteiger partial charge < -0.3 is 5.73 Å². The minimum atomic E-state index is 0.322. The van der Waals surface area contributed by atoms with Crippen LogP contribution in [0.4, 0.5) is 0 Å². The molecular weight excluding hydrogens is 224 g/mol. The summed E-state index contributed by atoms with van der Waals surface area (Å²) < 4.78 is 1.98. The topological polar surface area (TPSA) is 47.1 Å². The average molecular weight is 250 g/mol. The lowest BCUT2D eigenvalue weighted by Crippen LogP contribution is -2.46. The second-order valence-corrected chi connectivity index (χ2v) is 5.48. The molecule has 0 aliphatic carbocycles. The van der Waals surface area contributed by atoms with Crippen molar-refractivity contribution in [3.63, 3.8) is 0 Å². The standard InChI is InChI=1S/C14H26N4/c1-4-17-10-13(9-16-17)14(8-15)18-7-5-6-11(2)12(18)3/h9-12,14H,4-8,15H2,1-3H3. The van der Waals surface area contributed by atoms with Crippen LogP contribution in [-0.4, -0.2) is 33.8 Å². The molecule has 0 amide bonds. The molecule has 1 aromatic rings. The van der Waals surface area contributed by atoms with E-state index in [4.69, 9.17) is 5.73 Å². The first-order valence-electron chi connectivity index (χ1n) is 7.15. The molecule has 4 heteroatoms. The molecule has 1 aromatic heterocycles. The highest BCUT2D eigenvalue weighted by molar-refractivity contribution is 5.12. The van der Waals surface area contributed by atoms with E-state index in [1.54, 1.807) is 0 Å². The highest BCUT2D eigenvalue weighted by atomic mass is 15.3. The first-order valence-corrected chi connectivity index (χ1v) is 7.15. The number of nitrogens with zero attached hydrogens (tertiary/aromatic N) is 3. The molecule has 1 saturated heterocycles. The van der Waals surface area contributed by atoms with E-state index in [2.05, 4.69) is 37.0 Å². The molecule has 0 spiro atoms.